The number of nitrogens with one attached hydrogen (secondary N) is 2. The molecule has 0 unspecified atom stereocenters. The number of carbonyl (C=O) groups excluding carboxylic acids is 1. The van der Waals surface area contributed by atoms with Crippen molar-refractivity contribution in [2.45, 2.75) is 6.92 Å². The summed E-state index contributed by atoms with van der Waals surface area (Å²) < 4.78 is 1.89. The van der Waals surface area contributed by atoms with Crippen molar-refractivity contribution in [2.75, 3.05) is 17.2 Å². The number of rotatable bonds is 4. The van der Waals surface area contributed by atoms with Gasteiger partial charge in [0, 0.05) is 20.8 Å². The van der Waals surface area contributed by atoms with Gasteiger partial charge in [0.1, 0.15) is 5.82 Å². The summed E-state index contributed by atoms with van der Waals surface area (Å²) in [6.45, 7) is 2.12. The minimum atomic E-state index is -0.111. The summed E-state index contributed by atoms with van der Waals surface area (Å²) >= 11 is 6.70. The number of hydrogen-bond donors (Lipinski definition) is 2. The fourth-order valence-corrected chi connectivity index (χ4v) is 2.32. The van der Waals surface area contributed by atoms with Crippen LogP contribution in [0.15, 0.2) is 45.5 Å². The predicted molar refractivity (Wildman–Crippen MR) is 87.9 cm³/mol. The maximum absolute atomic E-state index is 11.9. The third-order valence-corrected chi connectivity index (χ3v) is 3.58. The summed E-state index contributed by atoms with van der Waals surface area (Å²) in [7, 11) is 0. The third-order valence-electron chi connectivity index (χ3n) is 2.62. The quantitative estimate of drug-likeness (QED) is 0.819. The number of aromatic nitrogens is 1. The Balaban J connectivity index is 1.90. The minimum absolute atomic E-state index is 0.111. The zero-order chi connectivity index (χ0) is 14.5. The molecule has 0 saturated carbocycles. The van der Waals surface area contributed by atoms with Gasteiger partial charge in [-0.1, -0.05) is 15.9 Å². The van der Waals surface area contributed by atoms with Crippen LogP contribution in [0.3, 0.4) is 0 Å². The second kappa shape index (κ2) is 6.85. The molecule has 0 fully saturated rings. The molecule has 1 aromatic heterocycles. The molecule has 0 aliphatic heterocycles. The molecule has 2 rings (SSSR count). The van der Waals surface area contributed by atoms with Crippen LogP contribution in [-0.2, 0) is 4.79 Å². The first kappa shape index (κ1) is 15.0. The summed E-state index contributed by atoms with van der Waals surface area (Å²) in [5.74, 6) is 0.552. The highest BCUT2D eigenvalue weighted by molar-refractivity contribution is 9.10. The van der Waals surface area contributed by atoms with Crippen LogP contribution in [-0.4, -0.2) is 17.4 Å². The fourth-order valence-electron chi connectivity index (χ4n) is 1.61. The minimum Gasteiger partial charge on any atom is -0.361 e. The smallest absolute Gasteiger partial charge is 0.243 e. The second-order valence-electron chi connectivity index (χ2n) is 4.22. The lowest BCUT2D eigenvalue weighted by Gasteiger charge is -2.09. The Kier molecular flexibility index (Phi) is 5.14. The number of benzene rings is 1. The number of amides is 1. The third kappa shape index (κ3) is 4.31. The van der Waals surface area contributed by atoms with Gasteiger partial charge in [0.05, 0.1) is 6.54 Å². The van der Waals surface area contributed by atoms with Crippen molar-refractivity contribution in [2.24, 2.45) is 0 Å². The highest BCUT2D eigenvalue weighted by Gasteiger charge is 2.05. The summed E-state index contributed by atoms with van der Waals surface area (Å²) in [5, 5.41) is 5.83. The number of carbonyl (C=O) groups is 1. The van der Waals surface area contributed by atoms with Crippen molar-refractivity contribution in [3.63, 3.8) is 0 Å². The number of anilines is 2. The Labute approximate surface area is 134 Å². The first-order chi connectivity index (χ1) is 9.54. The number of hydrogen-bond acceptors (Lipinski definition) is 3. The van der Waals surface area contributed by atoms with Crippen LogP contribution in [0.1, 0.15) is 5.56 Å². The molecule has 2 aromatic rings. The molecular weight excluding hydrogens is 386 g/mol. The molecule has 1 amide bonds. The van der Waals surface area contributed by atoms with Crippen LogP contribution in [0, 0.1) is 6.92 Å². The largest absolute Gasteiger partial charge is 0.361 e. The maximum atomic E-state index is 11.9. The van der Waals surface area contributed by atoms with E-state index in [1.807, 2.05) is 37.3 Å². The summed E-state index contributed by atoms with van der Waals surface area (Å²) in [5.41, 5.74) is 1.82. The molecular formula is C14H13Br2N3O. The Hall–Kier alpha value is -1.40. The van der Waals surface area contributed by atoms with Crippen LogP contribution in [0.25, 0.3) is 0 Å². The summed E-state index contributed by atoms with van der Waals surface area (Å²) in [6, 6.07) is 9.40. The molecule has 0 saturated heterocycles. The molecule has 6 heteroatoms. The summed E-state index contributed by atoms with van der Waals surface area (Å²) in [6.07, 6.45) is 1.68. The fraction of sp³-hybridized carbons (Fsp3) is 0.143. The lowest BCUT2D eigenvalue weighted by atomic mass is 10.2. The van der Waals surface area contributed by atoms with Crippen molar-refractivity contribution in [3.8, 4) is 0 Å². The van der Waals surface area contributed by atoms with Crippen molar-refractivity contribution < 1.29 is 4.79 Å². The molecule has 0 spiro atoms. The van der Waals surface area contributed by atoms with Crippen LogP contribution >= 0.6 is 31.9 Å². The Morgan fingerprint density at radius 3 is 2.60 bits per heavy atom. The van der Waals surface area contributed by atoms with Gasteiger partial charge in [-0.25, -0.2) is 4.98 Å². The van der Waals surface area contributed by atoms with E-state index in [2.05, 4.69) is 47.5 Å². The molecule has 20 heavy (non-hydrogen) atoms. The lowest BCUT2D eigenvalue weighted by Crippen LogP contribution is -2.22. The monoisotopic (exact) mass is 397 g/mol. The normalized spacial score (nSPS) is 10.2. The van der Waals surface area contributed by atoms with Crippen molar-refractivity contribution in [3.05, 3.63) is 51.0 Å². The maximum Gasteiger partial charge on any atom is 0.243 e. The molecule has 1 heterocycles. The van der Waals surface area contributed by atoms with E-state index in [1.165, 1.54) is 0 Å². The van der Waals surface area contributed by atoms with E-state index >= 15 is 0 Å². The molecule has 104 valence electrons. The zero-order valence-corrected chi connectivity index (χ0v) is 14.0. The van der Waals surface area contributed by atoms with Gasteiger partial charge >= 0.3 is 0 Å². The Morgan fingerprint density at radius 1 is 1.20 bits per heavy atom. The lowest BCUT2D eigenvalue weighted by molar-refractivity contribution is -0.114. The zero-order valence-electron chi connectivity index (χ0n) is 10.8. The second-order valence-corrected chi connectivity index (χ2v) is 6.05. The average molecular weight is 399 g/mol. The number of pyridine rings is 1. The van der Waals surface area contributed by atoms with Gasteiger partial charge in [-0.05, 0) is 58.7 Å². The van der Waals surface area contributed by atoms with E-state index in [1.54, 1.807) is 6.20 Å². The first-order valence-corrected chi connectivity index (χ1v) is 7.54. The van der Waals surface area contributed by atoms with E-state index in [0.29, 0.717) is 5.82 Å². The molecule has 0 bridgehead atoms. The van der Waals surface area contributed by atoms with Crippen molar-refractivity contribution >= 4 is 49.3 Å². The van der Waals surface area contributed by atoms with Crippen molar-refractivity contribution in [1.29, 1.82) is 0 Å². The number of nitrogens with zero attached hydrogens (tertiary/aromatic N) is 1. The molecule has 0 aliphatic rings. The number of halogens is 2. The predicted octanol–water partition coefficient (Wildman–Crippen LogP) is 3.97. The highest BCUT2D eigenvalue weighted by Crippen LogP contribution is 2.19. The highest BCUT2D eigenvalue weighted by atomic mass is 79.9. The Morgan fingerprint density at radius 2 is 1.95 bits per heavy atom. The van der Waals surface area contributed by atoms with Crippen LogP contribution in [0.2, 0.25) is 0 Å². The van der Waals surface area contributed by atoms with Gasteiger partial charge < -0.3 is 10.6 Å². The molecule has 0 atom stereocenters. The van der Waals surface area contributed by atoms with Gasteiger partial charge in [-0.2, -0.15) is 0 Å². The van der Waals surface area contributed by atoms with Gasteiger partial charge in [0.25, 0.3) is 0 Å². The van der Waals surface area contributed by atoms with Crippen molar-refractivity contribution in [1.82, 2.24) is 4.98 Å². The average Bonchev–Trinajstić information content (AvgIpc) is 2.41. The van der Waals surface area contributed by atoms with Gasteiger partial charge in [0.2, 0.25) is 5.91 Å². The standard InChI is InChI=1S/C14H13Br2N3O/c1-9-6-10(15)2-4-12(9)19-14(20)8-18-13-5-3-11(16)7-17-13/h2-7H,8H2,1H3,(H,17,18)(H,19,20). The van der Waals surface area contributed by atoms with Crippen LogP contribution in [0.5, 0.6) is 0 Å². The molecule has 1 aromatic carbocycles. The van der Waals surface area contributed by atoms with E-state index < -0.39 is 0 Å². The molecule has 4 nitrogen and oxygen atoms in total. The van der Waals surface area contributed by atoms with E-state index in [4.69, 9.17) is 0 Å². The van der Waals surface area contributed by atoms with Gasteiger partial charge in [0.15, 0.2) is 0 Å². The molecule has 0 radical (unpaired) electrons. The summed E-state index contributed by atoms with van der Waals surface area (Å²) in [4.78, 5) is 16.0. The Bertz CT molecular complexity index is 614. The van der Waals surface area contributed by atoms with E-state index in [-0.39, 0.29) is 12.5 Å². The first-order valence-electron chi connectivity index (χ1n) is 5.96. The van der Waals surface area contributed by atoms with Gasteiger partial charge in [-0.3, -0.25) is 4.79 Å². The van der Waals surface area contributed by atoms with E-state index in [0.717, 1.165) is 20.2 Å². The number of aryl methyl sites for hydroxylation is 1. The van der Waals surface area contributed by atoms with Gasteiger partial charge in [-0.15, -0.1) is 0 Å². The molecule has 0 aliphatic carbocycles. The van der Waals surface area contributed by atoms with E-state index in [9.17, 15) is 4.79 Å². The SMILES string of the molecule is Cc1cc(Br)ccc1NC(=O)CNc1ccc(Br)cn1. The topological polar surface area (TPSA) is 54.0 Å². The molecule has 2 N–H and O–H groups in total. The van der Waals surface area contributed by atoms with Crippen LogP contribution in [0.4, 0.5) is 11.5 Å². The van der Waals surface area contributed by atoms with Crippen LogP contribution < -0.4 is 10.6 Å².